The fourth-order valence-electron chi connectivity index (χ4n) is 3.82. The molecule has 0 fully saturated rings. The first-order valence-electron chi connectivity index (χ1n) is 11.2. The Morgan fingerprint density at radius 2 is 1.35 bits per heavy atom. The SMILES string of the molecule is CCCCCCCCCC/C([Se]c1ccccc1)=C(\CC)B(CC)CC. The van der Waals surface area contributed by atoms with Crippen molar-refractivity contribution >= 4 is 26.1 Å². The number of unbranched alkanes of at least 4 members (excludes halogenated alkanes) is 7. The minimum absolute atomic E-state index is 0.510. The molecule has 0 aliphatic rings. The van der Waals surface area contributed by atoms with Crippen LogP contribution in [0.15, 0.2) is 40.3 Å². The van der Waals surface area contributed by atoms with E-state index in [1.807, 2.05) is 4.47 Å². The molecule has 2 heteroatoms. The van der Waals surface area contributed by atoms with Crippen molar-refractivity contribution in [2.45, 2.75) is 105 Å². The molecule has 0 unspecified atom stereocenters. The summed E-state index contributed by atoms with van der Waals surface area (Å²) in [5.74, 6) is 0. The average Bonchev–Trinajstić information content (AvgIpc) is 2.68. The fraction of sp³-hybridized carbons (Fsp3) is 0.667. The van der Waals surface area contributed by atoms with E-state index in [0.29, 0.717) is 15.0 Å². The molecular weight excluding hydrogens is 378 g/mol. The first kappa shape index (κ1) is 23.6. The van der Waals surface area contributed by atoms with Crippen LogP contribution in [0.4, 0.5) is 0 Å². The van der Waals surface area contributed by atoms with Gasteiger partial charge in [-0.1, -0.05) is 0 Å². The fourth-order valence-corrected chi connectivity index (χ4v) is 6.48. The second-order valence-corrected chi connectivity index (χ2v) is 9.91. The molecule has 0 saturated heterocycles. The average molecular weight is 419 g/mol. The first-order chi connectivity index (χ1) is 12.8. The summed E-state index contributed by atoms with van der Waals surface area (Å²) in [6, 6.07) is 11.2. The van der Waals surface area contributed by atoms with E-state index in [4.69, 9.17) is 0 Å². The Balaban J connectivity index is 2.63. The zero-order chi connectivity index (χ0) is 19.0. The minimum atomic E-state index is 0.510. The first-order valence-corrected chi connectivity index (χ1v) is 12.9. The van der Waals surface area contributed by atoms with Crippen LogP contribution in [-0.2, 0) is 0 Å². The van der Waals surface area contributed by atoms with Crippen molar-refractivity contribution in [3.05, 3.63) is 40.3 Å². The van der Waals surface area contributed by atoms with E-state index in [-0.39, 0.29) is 0 Å². The maximum absolute atomic E-state index is 2.38. The Bertz CT molecular complexity index is 476. The summed E-state index contributed by atoms with van der Waals surface area (Å²) < 4.78 is 3.36. The maximum atomic E-state index is 2.38. The molecule has 0 heterocycles. The number of hydrogen-bond donors (Lipinski definition) is 0. The Hall–Kier alpha value is -0.456. The number of rotatable bonds is 15. The van der Waals surface area contributed by atoms with Crippen LogP contribution in [0.1, 0.15) is 91.9 Å². The number of benzene rings is 1. The predicted octanol–water partition coefficient (Wildman–Crippen LogP) is 7.28. The molecule has 0 radical (unpaired) electrons. The standard InChI is InChI=1S/C24H41BSe/c1-5-9-10-11-12-13-14-18-21-24(23(6-2)25(7-3)8-4)26-22-19-16-15-17-20-22/h15-17,19-20H,5-14,18,21H2,1-4H3/b24-23-. The van der Waals surface area contributed by atoms with Gasteiger partial charge in [0.15, 0.2) is 0 Å². The zero-order valence-electron chi connectivity index (χ0n) is 17.9. The van der Waals surface area contributed by atoms with Gasteiger partial charge < -0.3 is 0 Å². The second kappa shape index (κ2) is 15.6. The molecule has 1 aromatic rings. The van der Waals surface area contributed by atoms with Gasteiger partial charge in [0.1, 0.15) is 0 Å². The predicted molar refractivity (Wildman–Crippen MR) is 123 cm³/mol. The Morgan fingerprint density at radius 3 is 1.88 bits per heavy atom. The third-order valence-corrected chi connectivity index (χ3v) is 8.02. The molecule has 0 atom stereocenters. The number of allylic oxidation sites excluding steroid dienone is 2. The monoisotopic (exact) mass is 420 g/mol. The molecule has 1 rings (SSSR count). The van der Waals surface area contributed by atoms with E-state index in [1.165, 1.54) is 76.8 Å². The third kappa shape index (κ3) is 9.47. The molecule has 0 aliphatic heterocycles. The quantitative estimate of drug-likeness (QED) is 0.207. The van der Waals surface area contributed by atoms with Gasteiger partial charge in [-0.2, -0.15) is 0 Å². The van der Waals surface area contributed by atoms with Crippen LogP contribution in [0, 0.1) is 0 Å². The van der Waals surface area contributed by atoms with Crippen LogP contribution in [0.5, 0.6) is 0 Å². The third-order valence-electron chi connectivity index (χ3n) is 5.46. The van der Waals surface area contributed by atoms with Crippen LogP contribution < -0.4 is 4.46 Å². The Morgan fingerprint density at radius 1 is 0.769 bits per heavy atom. The summed E-state index contributed by atoms with van der Waals surface area (Å²) in [4.78, 5) is 0. The van der Waals surface area contributed by atoms with Gasteiger partial charge in [0.2, 0.25) is 0 Å². The molecule has 0 spiro atoms. The summed E-state index contributed by atoms with van der Waals surface area (Å²) in [7, 11) is 0. The van der Waals surface area contributed by atoms with Gasteiger partial charge in [0.05, 0.1) is 0 Å². The van der Waals surface area contributed by atoms with Crippen LogP contribution >= 0.6 is 0 Å². The van der Waals surface area contributed by atoms with Crippen molar-refractivity contribution < 1.29 is 0 Å². The molecule has 0 aliphatic carbocycles. The van der Waals surface area contributed by atoms with Crippen molar-refractivity contribution in [1.29, 1.82) is 0 Å². The molecule has 0 N–H and O–H groups in total. The van der Waals surface area contributed by atoms with E-state index in [9.17, 15) is 0 Å². The van der Waals surface area contributed by atoms with Gasteiger partial charge >= 0.3 is 171 Å². The Kier molecular flexibility index (Phi) is 14.1. The Labute approximate surface area is 170 Å². The summed E-state index contributed by atoms with van der Waals surface area (Å²) in [5.41, 5.74) is 1.79. The zero-order valence-corrected chi connectivity index (χ0v) is 19.6. The molecule has 146 valence electrons. The topological polar surface area (TPSA) is 0 Å². The van der Waals surface area contributed by atoms with Gasteiger partial charge in [0, 0.05) is 0 Å². The van der Waals surface area contributed by atoms with Gasteiger partial charge in [-0.05, 0) is 0 Å². The van der Waals surface area contributed by atoms with Crippen LogP contribution in [0.2, 0.25) is 12.6 Å². The summed E-state index contributed by atoms with van der Waals surface area (Å²) in [6.07, 6.45) is 16.5. The van der Waals surface area contributed by atoms with Gasteiger partial charge in [-0.15, -0.1) is 0 Å². The molecule has 1 aromatic carbocycles. The molecular formula is C24H41BSe. The van der Waals surface area contributed by atoms with Crippen molar-refractivity contribution in [1.82, 2.24) is 0 Å². The van der Waals surface area contributed by atoms with Gasteiger partial charge in [-0.25, -0.2) is 0 Å². The van der Waals surface area contributed by atoms with E-state index >= 15 is 0 Å². The van der Waals surface area contributed by atoms with E-state index < -0.39 is 0 Å². The molecule has 0 amide bonds. The molecule has 26 heavy (non-hydrogen) atoms. The van der Waals surface area contributed by atoms with E-state index in [2.05, 4.69) is 58.0 Å². The van der Waals surface area contributed by atoms with Crippen LogP contribution in [-0.4, -0.2) is 21.7 Å². The molecule has 0 aromatic heterocycles. The molecule has 0 bridgehead atoms. The van der Waals surface area contributed by atoms with Crippen molar-refractivity contribution in [2.75, 3.05) is 0 Å². The molecule has 0 saturated carbocycles. The van der Waals surface area contributed by atoms with E-state index in [0.717, 1.165) is 6.71 Å². The summed E-state index contributed by atoms with van der Waals surface area (Å²) in [6.45, 7) is 10.2. The summed E-state index contributed by atoms with van der Waals surface area (Å²) >= 11 is 0.510. The van der Waals surface area contributed by atoms with Crippen LogP contribution in [0.3, 0.4) is 0 Å². The summed E-state index contributed by atoms with van der Waals surface area (Å²) in [5, 5.41) is 0. The number of hydrogen-bond acceptors (Lipinski definition) is 0. The van der Waals surface area contributed by atoms with Crippen molar-refractivity contribution in [2.24, 2.45) is 0 Å². The van der Waals surface area contributed by atoms with Crippen molar-refractivity contribution in [3.8, 4) is 0 Å². The van der Waals surface area contributed by atoms with Crippen molar-refractivity contribution in [3.63, 3.8) is 0 Å². The van der Waals surface area contributed by atoms with Crippen LogP contribution in [0.25, 0.3) is 0 Å². The van der Waals surface area contributed by atoms with Gasteiger partial charge in [-0.3, -0.25) is 0 Å². The second-order valence-electron chi connectivity index (χ2n) is 7.46. The normalized spacial score (nSPS) is 12.2. The molecule has 0 nitrogen and oxygen atoms in total. The van der Waals surface area contributed by atoms with E-state index in [1.54, 1.807) is 9.93 Å². The van der Waals surface area contributed by atoms with Gasteiger partial charge in [0.25, 0.3) is 0 Å².